The molecular formula is C26H21F2NO6. The van der Waals surface area contributed by atoms with Crippen LogP contribution in [-0.2, 0) is 14.3 Å². The molecule has 0 bridgehead atoms. The molecule has 0 radical (unpaired) electrons. The minimum absolute atomic E-state index is 0.00119. The second-order valence-corrected chi connectivity index (χ2v) is 7.50. The minimum atomic E-state index is -2.92. The predicted octanol–water partition coefficient (Wildman–Crippen LogP) is 5.78. The van der Waals surface area contributed by atoms with Crippen molar-refractivity contribution in [1.82, 2.24) is 0 Å². The number of nitrogens with one attached hydrogen (secondary N) is 1. The van der Waals surface area contributed by atoms with Gasteiger partial charge in [0.1, 0.15) is 22.7 Å². The van der Waals surface area contributed by atoms with Crippen LogP contribution in [0.5, 0.6) is 11.5 Å². The summed E-state index contributed by atoms with van der Waals surface area (Å²) < 4.78 is 45.1. The van der Waals surface area contributed by atoms with E-state index in [4.69, 9.17) is 13.9 Å². The summed E-state index contributed by atoms with van der Waals surface area (Å²) in [6.07, 6.45) is 1.45. The van der Waals surface area contributed by atoms with Crippen LogP contribution in [0, 0.1) is 0 Å². The van der Waals surface area contributed by atoms with E-state index in [9.17, 15) is 18.4 Å². The van der Waals surface area contributed by atoms with Crippen molar-refractivity contribution in [2.24, 2.45) is 0 Å². The van der Waals surface area contributed by atoms with Gasteiger partial charge in [0.05, 0.1) is 12.8 Å². The van der Waals surface area contributed by atoms with Gasteiger partial charge in [-0.1, -0.05) is 30.3 Å². The molecule has 4 aromatic rings. The number of anilines is 1. The van der Waals surface area contributed by atoms with Crippen molar-refractivity contribution in [2.45, 2.75) is 19.6 Å². The van der Waals surface area contributed by atoms with Crippen molar-refractivity contribution in [3.63, 3.8) is 0 Å². The molecule has 0 aliphatic rings. The molecule has 1 N–H and O–H groups in total. The largest absolute Gasteiger partial charge is 0.495 e. The highest BCUT2D eigenvalue weighted by Gasteiger charge is 2.20. The van der Waals surface area contributed by atoms with Gasteiger partial charge in [-0.05, 0) is 42.8 Å². The maximum absolute atomic E-state index is 12.7. The molecular weight excluding hydrogens is 460 g/mol. The van der Waals surface area contributed by atoms with Crippen molar-refractivity contribution in [1.29, 1.82) is 0 Å². The van der Waals surface area contributed by atoms with E-state index in [1.54, 1.807) is 12.1 Å². The highest BCUT2D eigenvalue weighted by Crippen LogP contribution is 2.36. The molecule has 0 spiro atoms. The Bertz CT molecular complexity index is 1390. The molecule has 0 unspecified atom stereocenters. The van der Waals surface area contributed by atoms with Crippen LogP contribution >= 0.6 is 0 Å². The van der Waals surface area contributed by atoms with E-state index in [-0.39, 0.29) is 5.75 Å². The Hall–Kier alpha value is -4.40. The van der Waals surface area contributed by atoms with Crippen molar-refractivity contribution < 1.29 is 37.0 Å². The Morgan fingerprint density at radius 3 is 2.46 bits per heavy atom. The number of rotatable bonds is 8. The number of hydrogen-bond donors (Lipinski definition) is 1. The number of carbonyl (C=O) groups excluding carboxylic acids is 2. The Balaban J connectivity index is 1.41. The van der Waals surface area contributed by atoms with Crippen LogP contribution in [0.4, 0.5) is 14.5 Å². The maximum Gasteiger partial charge on any atom is 0.387 e. The topological polar surface area (TPSA) is 87.0 Å². The Kier molecular flexibility index (Phi) is 6.96. The average Bonchev–Trinajstić information content (AvgIpc) is 3.20. The van der Waals surface area contributed by atoms with E-state index >= 15 is 0 Å². The van der Waals surface area contributed by atoms with Gasteiger partial charge >= 0.3 is 12.6 Å². The summed E-state index contributed by atoms with van der Waals surface area (Å²) in [6.45, 7) is -1.48. The van der Waals surface area contributed by atoms with E-state index in [2.05, 4.69) is 10.1 Å². The smallest absolute Gasteiger partial charge is 0.387 e. The van der Waals surface area contributed by atoms with Gasteiger partial charge in [0.25, 0.3) is 5.91 Å². The lowest BCUT2D eigenvalue weighted by molar-refractivity contribution is -0.148. The molecule has 7 nitrogen and oxygen atoms in total. The van der Waals surface area contributed by atoms with Crippen molar-refractivity contribution in [3.8, 4) is 11.5 Å². The van der Waals surface area contributed by atoms with Crippen molar-refractivity contribution >= 4 is 45.6 Å². The summed E-state index contributed by atoms with van der Waals surface area (Å²) in [5, 5.41) is 4.46. The fourth-order valence-electron chi connectivity index (χ4n) is 3.44. The van der Waals surface area contributed by atoms with Gasteiger partial charge in [0.2, 0.25) is 0 Å². The van der Waals surface area contributed by atoms with Crippen LogP contribution in [0.2, 0.25) is 0 Å². The molecule has 1 aromatic heterocycles. The number of ether oxygens (including phenoxy) is 3. The zero-order valence-electron chi connectivity index (χ0n) is 18.8. The molecule has 0 aliphatic heterocycles. The summed E-state index contributed by atoms with van der Waals surface area (Å²) in [5.41, 5.74) is 2.20. The van der Waals surface area contributed by atoms with E-state index in [1.807, 2.05) is 24.3 Å². The molecule has 4 rings (SSSR count). The third-order valence-corrected chi connectivity index (χ3v) is 5.14. The van der Waals surface area contributed by atoms with Crippen molar-refractivity contribution in [2.75, 3.05) is 12.4 Å². The first kappa shape index (κ1) is 23.7. The zero-order chi connectivity index (χ0) is 24.9. The Labute approximate surface area is 198 Å². The molecule has 9 heteroatoms. The number of carbonyl (C=O) groups is 2. The van der Waals surface area contributed by atoms with Gasteiger partial charge in [-0.25, -0.2) is 4.79 Å². The summed E-state index contributed by atoms with van der Waals surface area (Å²) in [4.78, 5) is 24.8. The van der Waals surface area contributed by atoms with Gasteiger partial charge in [-0.2, -0.15) is 8.78 Å². The molecule has 1 amide bonds. The van der Waals surface area contributed by atoms with E-state index in [1.165, 1.54) is 44.4 Å². The number of esters is 1. The molecule has 1 atom stereocenters. The van der Waals surface area contributed by atoms with E-state index in [0.717, 1.165) is 16.8 Å². The summed E-state index contributed by atoms with van der Waals surface area (Å²) in [6, 6.07) is 16.7. The number of fused-ring (bicyclic) bond motifs is 3. The molecule has 0 fully saturated rings. The monoisotopic (exact) mass is 481 g/mol. The van der Waals surface area contributed by atoms with Crippen LogP contribution < -0.4 is 14.8 Å². The average molecular weight is 481 g/mol. The lowest BCUT2D eigenvalue weighted by atomic mass is 10.1. The standard InChI is InChI=1S/C26H21F2NO6/c1-15(33-24(30)12-9-16-7-10-17(11-8-16)34-26(27)28)25(31)29-20-14-22-19(13-23(20)32-2)18-5-3-4-6-21(18)35-22/h3-15,26H,1-2H3,(H,29,31)/b12-9+/t15-/m0/s1. The highest BCUT2D eigenvalue weighted by atomic mass is 19.3. The third-order valence-electron chi connectivity index (χ3n) is 5.14. The number of methoxy groups -OCH3 is 1. The van der Waals surface area contributed by atoms with Gasteiger partial charge < -0.3 is 23.9 Å². The number of amides is 1. The number of hydrogen-bond acceptors (Lipinski definition) is 6. The van der Waals surface area contributed by atoms with Crippen LogP contribution in [0.15, 0.2) is 71.2 Å². The lowest BCUT2D eigenvalue weighted by Crippen LogP contribution is -2.29. The summed E-state index contributed by atoms with van der Waals surface area (Å²) in [5.74, 6) is -0.884. The molecule has 3 aromatic carbocycles. The normalized spacial score (nSPS) is 12.3. The minimum Gasteiger partial charge on any atom is -0.495 e. The van der Waals surface area contributed by atoms with Gasteiger partial charge in [0.15, 0.2) is 6.10 Å². The molecule has 0 saturated carbocycles. The zero-order valence-corrected chi connectivity index (χ0v) is 18.8. The van der Waals surface area contributed by atoms with Crippen LogP contribution in [0.25, 0.3) is 28.0 Å². The van der Waals surface area contributed by atoms with Gasteiger partial charge in [0, 0.05) is 22.9 Å². The SMILES string of the molecule is COc1cc2c(cc1NC(=O)[C@H](C)OC(=O)/C=C/c1ccc(OC(F)F)cc1)oc1ccccc12. The van der Waals surface area contributed by atoms with Crippen LogP contribution in [0.3, 0.4) is 0 Å². The number of benzene rings is 3. The fraction of sp³-hybridized carbons (Fsp3) is 0.154. The van der Waals surface area contributed by atoms with E-state index in [0.29, 0.717) is 28.2 Å². The Morgan fingerprint density at radius 2 is 1.74 bits per heavy atom. The lowest BCUT2D eigenvalue weighted by Gasteiger charge is -2.14. The quantitative estimate of drug-likeness (QED) is 0.254. The number of furan rings is 1. The molecule has 180 valence electrons. The summed E-state index contributed by atoms with van der Waals surface area (Å²) in [7, 11) is 1.49. The van der Waals surface area contributed by atoms with Gasteiger partial charge in [-0.3, -0.25) is 4.79 Å². The van der Waals surface area contributed by atoms with Crippen molar-refractivity contribution in [3.05, 3.63) is 72.3 Å². The number of halogens is 2. The Morgan fingerprint density at radius 1 is 1.00 bits per heavy atom. The predicted molar refractivity (Wildman–Crippen MR) is 127 cm³/mol. The number of para-hydroxylation sites is 1. The second kappa shape index (κ2) is 10.3. The van der Waals surface area contributed by atoms with Gasteiger partial charge in [-0.15, -0.1) is 0 Å². The molecule has 0 aliphatic carbocycles. The first-order chi connectivity index (χ1) is 16.8. The van der Waals surface area contributed by atoms with Crippen LogP contribution in [0.1, 0.15) is 12.5 Å². The fourth-order valence-corrected chi connectivity index (χ4v) is 3.44. The number of alkyl halides is 2. The molecule has 35 heavy (non-hydrogen) atoms. The third kappa shape index (κ3) is 5.57. The highest BCUT2D eigenvalue weighted by molar-refractivity contribution is 6.08. The second-order valence-electron chi connectivity index (χ2n) is 7.50. The maximum atomic E-state index is 12.7. The first-order valence-electron chi connectivity index (χ1n) is 10.6. The van der Waals surface area contributed by atoms with Crippen LogP contribution in [-0.4, -0.2) is 31.7 Å². The molecule has 1 heterocycles. The molecule has 0 saturated heterocycles. The summed E-state index contributed by atoms with van der Waals surface area (Å²) >= 11 is 0. The first-order valence-corrected chi connectivity index (χ1v) is 10.6. The van der Waals surface area contributed by atoms with E-state index < -0.39 is 24.6 Å².